The van der Waals surface area contributed by atoms with Gasteiger partial charge in [-0.25, -0.2) is 0 Å². The van der Waals surface area contributed by atoms with Crippen LogP contribution in [-0.4, -0.2) is 19.3 Å². The second kappa shape index (κ2) is 5.20. The molecule has 0 radical (unpaired) electrons. The summed E-state index contributed by atoms with van der Waals surface area (Å²) >= 11 is 0. The molecule has 4 nitrogen and oxygen atoms in total. The fourth-order valence-electron chi connectivity index (χ4n) is 2.79. The average molecular weight is 286 g/mol. The van der Waals surface area contributed by atoms with Gasteiger partial charge < -0.3 is 19.3 Å². The summed E-state index contributed by atoms with van der Waals surface area (Å²) in [6.07, 6.45) is -0.0957. The molecule has 2 atom stereocenters. The molecule has 1 heterocycles. The van der Waals surface area contributed by atoms with Gasteiger partial charge in [-0.2, -0.15) is 0 Å². The quantitative estimate of drug-likeness (QED) is 0.935. The van der Waals surface area contributed by atoms with Crippen molar-refractivity contribution in [2.75, 3.05) is 14.2 Å². The van der Waals surface area contributed by atoms with Crippen molar-refractivity contribution < 1.29 is 19.3 Å². The molecule has 4 heteroatoms. The zero-order valence-corrected chi connectivity index (χ0v) is 12.3. The number of phenols is 1. The summed E-state index contributed by atoms with van der Waals surface area (Å²) in [4.78, 5) is 0. The third-order valence-corrected chi connectivity index (χ3v) is 3.93. The summed E-state index contributed by atoms with van der Waals surface area (Å²) in [5, 5.41) is 9.63. The molecule has 2 aromatic rings. The predicted octanol–water partition coefficient (Wildman–Crippen LogP) is 3.65. The number of fused-ring (bicyclic) bond motifs is 1. The summed E-state index contributed by atoms with van der Waals surface area (Å²) in [6.45, 7) is 2.09. The molecular weight excluding hydrogens is 268 g/mol. The number of rotatable bonds is 3. The summed E-state index contributed by atoms with van der Waals surface area (Å²) in [5.41, 5.74) is 2.05. The Morgan fingerprint density at radius 1 is 1.00 bits per heavy atom. The largest absolute Gasteiger partial charge is 0.508 e. The Labute approximate surface area is 123 Å². The van der Waals surface area contributed by atoms with Gasteiger partial charge in [-0.1, -0.05) is 13.0 Å². The summed E-state index contributed by atoms with van der Waals surface area (Å²) in [6, 6.07) is 11.0. The normalized spacial score (nSPS) is 19.8. The van der Waals surface area contributed by atoms with Crippen molar-refractivity contribution in [1.29, 1.82) is 0 Å². The molecule has 0 spiro atoms. The van der Waals surface area contributed by atoms with Crippen LogP contribution in [0.25, 0.3) is 0 Å². The third kappa shape index (κ3) is 2.27. The highest BCUT2D eigenvalue weighted by Gasteiger charge is 2.33. The molecule has 0 bridgehead atoms. The second-order valence-corrected chi connectivity index (χ2v) is 5.16. The Bertz CT molecular complexity index is 666. The number of methoxy groups -OCH3 is 2. The topological polar surface area (TPSA) is 47.9 Å². The van der Waals surface area contributed by atoms with E-state index in [0.29, 0.717) is 11.5 Å². The van der Waals surface area contributed by atoms with E-state index in [4.69, 9.17) is 14.2 Å². The minimum atomic E-state index is -0.0957. The molecule has 1 N–H and O–H groups in total. The van der Waals surface area contributed by atoms with Gasteiger partial charge in [0.15, 0.2) is 11.5 Å². The Morgan fingerprint density at radius 3 is 2.48 bits per heavy atom. The fourth-order valence-corrected chi connectivity index (χ4v) is 2.79. The maximum Gasteiger partial charge on any atom is 0.161 e. The third-order valence-electron chi connectivity index (χ3n) is 3.93. The zero-order valence-electron chi connectivity index (χ0n) is 12.3. The number of aromatic hydroxyl groups is 1. The van der Waals surface area contributed by atoms with Crippen molar-refractivity contribution >= 4 is 0 Å². The first-order valence-electron chi connectivity index (χ1n) is 6.85. The highest BCUT2D eigenvalue weighted by atomic mass is 16.5. The number of hydrogen-bond donors (Lipinski definition) is 1. The lowest BCUT2D eigenvalue weighted by atomic mass is 9.92. The van der Waals surface area contributed by atoms with Gasteiger partial charge in [0.05, 0.1) is 14.2 Å². The molecule has 1 aliphatic rings. The Kier molecular flexibility index (Phi) is 3.37. The lowest BCUT2D eigenvalue weighted by Crippen LogP contribution is -2.07. The molecule has 0 unspecified atom stereocenters. The maximum atomic E-state index is 9.63. The minimum absolute atomic E-state index is 0.0957. The molecular formula is C17H18O4. The van der Waals surface area contributed by atoms with Gasteiger partial charge in [0.2, 0.25) is 0 Å². The second-order valence-electron chi connectivity index (χ2n) is 5.16. The van der Waals surface area contributed by atoms with E-state index in [1.807, 2.05) is 24.3 Å². The average Bonchev–Trinajstić information content (AvgIpc) is 2.83. The first-order chi connectivity index (χ1) is 10.1. The molecule has 0 aromatic heterocycles. The first-order valence-corrected chi connectivity index (χ1v) is 6.85. The van der Waals surface area contributed by atoms with E-state index in [0.717, 1.165) is 16.9 Å². The van der Waals surface area contributed by atoms with Crippen LogP contribution in [0.1, 0.15) is 30.1 Å². The van der Waals surface area contributed by atoms with Gasteiger partial charge >= 0.3 is 0 Å². The van der Waals surface area contributed by atoms with E-state index in [1.165, 1.54) is 0 Å². The van der Waals surface area contributed by atoms with Crippen LogP contribution in [0.5, 0.6) is 23.0 Å². The molecule has 0 amide bonds. The Morgan fingerprint density at radius 2 is 1.76 bits per heavy atom. The van der Waals surface area contributed by atoms with Crippen LogP contribution < -0.4 is 14.2 Å². The molecule has 0 saturated carbocycles. The van der Waals surface area contributed by atoms with E-state index < -0.39 is 0 Å². The van der Waals surface area contributed by atoms with Crippen LogP contribution in [0.15, 0.2) is 36.4 Å². The van der Waals surface area contributed by atoms with Crippen molar-refractivity contribution in [1.82, 2.24) is 0 Å². The van der Waals surface area contributed by atoms with Gasteiger partial charge in [0.1, 0.15) is 17.6 Å². The van der Waals surface area contributed by atoms with Crippen molar-refractivity contribution in [2.24, 2.45) is 0 Å². The standard InChI is InChI=1S/C17H18O4/c1-10-13-9-12(18)5-7-14(13)21-17(10)11-4-6-15(19-2)16(8-11)20-3/h4-10,17-18H,1-3H3/t10-,17+/m0/s1. The number of ether oxygens (including phenoxy) is 3. The van der Waals surface area contributed by atoms with Crippen LogP contribution in [0, 0.1) is 0 Å². The molecule has 0 saturated heterocycles. The number of benzene rings is 2. The van der Waals surface area contributed by atoms with Crippen molar-refractivity contribution in [2.45, 2.75) is 18.9 Å². The Balaban J connectivity index is 1.96. The van der Waals surface area contributed by atoms with Gasteiger partial charge in [0, 0.05) is 11.5 Å². The smallest absolute Gasteiger partial charge is 0.161 e. The van der Waals surface area contributed by atoms with E-state index in [2.05, 4.69) is 6.92 Å². The van der Waals surface area contributed by atoms with E-state index >= 15 is 0 Å². The fraction of sp³-hybridized carbons (Fsp3) is 0.294. The highest BCUT2D eigenvalue weighted by molar-refractivity contribution is 5.49. The molecule has 2 aromatic carbocycles. The highest BCUT2D eigenvalue weighted by Crippen LogP contribution is 2.47. The Hall–Kier alpha value is -2.36. The molecule has 0 aliphatic carbocycles. The maximum absolute atomic E-state index is 9.63. The molecule has 21 heavy (non-hydrogen) atoms. The zero-order chi connectivity index (χ0) is 15.0. The number of phenolic OH excluding ortho intramolecular Hbond substituents is 1. The minimum Gasteiger partial charge on any atom is -0.508 e. The van der Waals surface area contributed by atoms with Gasteiger partial charge in [-0.3, -0.25) is 0 Å². The monoisotopic (exact) mass is 286 g/mol. The lowest BCUT2D eigenvalue weighted by molar-refractivity contribution is 0.215. The van der Waals surface area contributed by atoms with Crippen LogP contribution in [0.3, 0.4) is 0 Å². The van der Waals surface area contributed by atoms with Crippen LogP contribution in [0.2, 0.25) is 0 Å². The number of hydrogen-bond acceptors (Lipinski definition) is 4. The van der Waals surface area contributed by atoms with Gasteiger partial charge in [0.25, 0.3) is 0 Å². The molecule has 3 rings (SSSR count). The van der Waals surface area contributed by atoms with Crippen molar-refractivity contribution in [3.8, 4) is 23.0 Å². The van der Waals surface area contributed by atoms with E-state index in [1.54, 1.807) is 26.4 Å². The van der Waals surface area contributed by atoms with Crippen molar-refractivity contribution in [3.63, 3.8) is 0 Å². The van der Waals surface area contributed by atoms with Crippen LogP contribution in [-0.2, 0) is 0 Å². The first kappa shape index (κ1) is 13.6. The summed E-state index contributed by atoms with van der Waals surface area (Å²) < 4.78 is 16.6. The van der Waals surface area contributed by atoms with Crippen LogP contribution in [0.4, 0.5) is 0 Å². The van der Waals surface area contributed by atoms with Gasteiger partial charge in [-0.05, 0) is 35.9 Å². The lowest BCUT2D eigenvalue weighted by Gasteiger charge is -2.17. The molecule has 110 valence electrons. The summed E-state index contributed by atoms with van der Waals surface area (Å²) in [5.74, 6) is 2.62. The predicted molar refractivity (Wildman–Crippen MR) is 79.4 cm³/mol. The molecule has 1 aliphatic heterocycles. The van der Waals surface area contributed by atoms with Crippen molar-refractivity contribution in [3.05, 3.63) is 47.5 Å². The SMILES string of the molecule is COc1ccc([C@@H]2Oc3ccc(O)cc3[C@@H]2C)cc1OC. The molecule has 0 fully saturated rings. The van der Waals surface area contributed by atoms with Crippen LogP contribution >= 0.6 is 0 Å². The van der Waals surface area contributed by atoms with Gasteiger partial charge in [-0.15, -0.1) is 0 Å². The summed E-state index contributed by atoms with van der Waals surface area (Å²) in [7, 11) is 3.23. The van der Waals surface area contributed by atoms with E-state index in [9.17, 15) is 5.11 Å². The van der Waals surface area contributed by atoms with E-state index in [-0.39, 0.29) is 17.8 Å².